The number of rotatable bonds is 4. The van der Waals surface area contributed by atoms with Crippen molar-refractivity contribution in [2.24, 2.45) is 0 Å². The first-order valence-corrected chi connectivity index (χ1v) is 19.4. The fourth-order valence-electron chi connectivity index (χ4n) is 10.1. The van der Waals surface area contributed by atoms with Crippen molar-refractivity contribution in [3.63, 3.8) is 0 Å². The van der Waals surface area contributed by atoms with Gasteiger partial charge in [0, 0.05) is 54.2 Å². The molecule has 0 amide bonds. The topological polar surface area (TPSA) is 8.82 Å². The summed E-state index contributed by atoms with van der Waals surface area (Å²) in [5.74, 6) is 0. The summed E-state index contributed by atoms with van der Waals surface area (Å²) < 4.78 is 5.20. The summed E-state index contributed by atoms with van der Waals surface area (Å²) in [6.45, 7) is 0. The second kappa shape index (κ2) is 11.1. The van der Waals surface area contributed by atoms with E-state index < -0.39 is 0 Å². The Bertz CT molecular complexity index is 3410. The lowest BCUT2D eigenvalue weighted by Gasteiger charge is -2.16. The van der Waals surface area contributed by atoms with Gasteiger partial charge in [0.2, 0.25) is 0 Å². The fraction of sp³-hybridized carbons (Fsp3) is 0. The van der Waals surface area contributed by atoms with Gasteiger partial charge in [-0.2, -0.15) is 0 Å². The molecule has 0 unspecified atom stereocenters. The summed E-state index contributed by atoms with van der Waals surface area (Å²) in [4.78, 5) is 0. The molecule has 0 aliphatic heterocycles. The molecule has 0 saturated carbocycles. The molecule has 13 rings (SSSR count). The van der Waals surface area contributed by atoms with Gasteiger partial charge in [0.05, 0.1) is 33.1 Å². The first kappa shape index (κ1) is 30.0. The molecule has 0 spiro atoms. The van der Waals surface area contributed by atoms with Crippen molar-refractivity contribution >= 4 is 76.2 Å². The van der Waals surface area contributed by atoms with Crippen LogP contribution in [0.2, 0.25) is 0 Å². The third kappa shape index (κ3) is 3.85. The molecule has 56 heavy (non-hydrogen) atoms. The summed E-state index contributed by atoms with van der Waals surface area (Å²) >= 11 is 0. The Morgan fingerprint density at radius 1 is 0.232 bits per heavy atom. The van der Waals surface area contributed by atoms with Crippen molar-refractivity contribution < 1.29 is 0 Å². The minimum Gasteiger partial charge on any atom is -0.307 e. The Balaban J connectivity index is 1.39. The summed E-state index contributed by atoms with van der Waals surface area (Å²) in [5.41, 5.74) is 17.4. The maximum Gasteiger partial charge on any atom is 0.0634 e. The molecular weight excluding hydrogens is 677 g/mol. The van der Waals surface area contributed by atoms with Gasteiger partial charge in [0.15, 0.2) is 0 Å². The first-order valence-electron chi connectivity index (χ1n) is 19.4. The van der Waals surface area contributed by atoms with Crippen LogP contribution in [-0.4, -0.2) is 8.80 Å². The summed E-state index contributed by atoms with van der Waals surface area (Å²) in [7, 11) is 0. The average molecular weight is 709 g/mol. The van der Waals surface area contributed by atoms with Gasteiger partial charge in [0.1, 0.15) is 0 Å². The monoisotopic (exact) mass is 708 g/mol. The van der Waals surface area contributed by atoms with E-state index in [9.17, 15) is 0 Å². The van der Waals surface area contributed by atoms with E-state index in [1.807, 2.05) is 0 Å². The molecule has 0 radical (unpaired) electrons. The predicted molar refractivity (Wildman–Crippen MR) is 238 cm³/mol. The molecule has 9 aromatic carbocycles. The third-order valence-electron chi connectivity index (χ3n) is 12.3. The van der Waals surface area contributed by atoms with Crippen molar-refractivity contribution in [2.45, 2.75) is 0 Å². The Morgan fingerprint density at radius 3 is 0.946 bits per heavy atom. The maximum absolute atomic E-state index is 2.60. The van der Waals surface area contributed by atoms with Gasteiger partial charge in [-0.25, -0.2) is 0 Å². The number of benzene rings is 9. The molecule has 258 valence electrons. The number of hydrogen-bond donors (Lipinski definition) is 0. The number of hydrogen-bond acceptors (Lipinski definition) is 0. The Kier molecular flexibility index (Phi) is 5.92. The zero-order valence-corrected chi connectivity index (χ0v) is 30.4. The second-order valence-electron chi connectivity index (χ2n) is 15.2. The van der Waals surface area contributed by atoms with Crippen molar-refractivity contribution in [1.82, 2.24) is 8.80 Å². The van der Waals surface area contributed by atoms with E-state index in [1.165, 1.54) is 121 Å². The van der Waals surface area contributed by atoms with E-state index in [0.29, 0.717) is 0 Å². The summed E-state index contributed by atoms with van der Waals surface area (Å²) in [5, 5.41) is 10.3. The van der Waals surface area contributed by atoms with Crippen molar-refractivity contribution in [2.75, 3.05) is 0 Å². The number of nitrogens with zero attached hydrogens (tertiary/aromatic N) is 2. The fourth-order valence-corrected chi connectivity index (χ4v) is 10.1. The zero-order valence-electron chi connectivity index (χ0n) is 30.4. The molecule has 2 nitrogen and oxygen atoms in total. The third-order valence-corrected chi connectivity index (χ3v) is 12.3. The Labute approximate surface area is 322 Å². The largest absolute Gasteiger partial charge is 0.307 e. The average Bonchev–Trinajstić information content (AvgIpc) is 4.00. The lowest BCUT2D eigenvalue weighted by atomic mass is 9.88. The molecule has 0 fully saturated rings. The van der Waals surface area contributed by atoms with Crippen LogP contribution in [-0.2, 0) is 0 Å². The zero-order chi connectivity index (χ0) is 36.5. The van der Waals surface area contributed by atoms with Gasteiger partial charge in [-0.3, -0.25) is 0 Å². The molecule has 0 bridgehead atoms. The van der Waals surface area contributed by atoms with E-state index in [1.54, 1.807) is 0 Å². The van der Waals surface area contributed by atoms with E-state index in [2.05, 4.69) is 203 Å². The summed E-state index contributed by atoms with van der Waals surface area (Å²) in [6.07, 6.45) is 0. The highest BCUT2D eigenvalue weighted by Gasteiger charge is 2.31. The quantitative estimate of drug-likeness (QED) is 0.172. The Morgan fingerprint density at radius 2 is 0.554 bits per heavy atom. The van der Waals surface area contributed by atoms with Crippen molar-refractivity contribution in [1.29, 1.82) is 0 Å². The van der Waals surface area contributed by atoms with Crippen LogP contribution in [0.1, 0.15) is 0 Å². The normalized spacial score (nSPS) is 12.3. The standard InChI is InChI=1S/C54H32N2/c1-5-17-33(18-6-1)37-29-41-39-25-13-15-27-45(39)55-51(41)43(31-37)49-47(35-21-9-3-10-22-35)54-50(48(53(49)55)36-23-11-4-12-24-36)44-32-38(34-19-7-2-8-20-34)30-42-40-26-14-16-28-46(40)56(54)52(42)44/h1-32H. The highest BCUT2D eigenvalue weighted by Crippen LogP contribution is 2.55. The first-order chi connectivity index (χ1) is 27.8. The van der Waals surface area contributed by atoms with E-state index in [4.69, 9.17) is 0 Å². The maximum atomic E-state index is 2.60. The molecule has 0 N–H and O–H groups in total. The molecule has 0 aliphatic rings. The van der Waals surface area contributed by atoms with Gasteiger partial charge in [-0.1, -0.05) is 158 Å². The van der Waals surface area contributed by atoms with E-state index in [0.717, 1.165) is 0 Å². The SMILES string of the molecule is c1ccc(-c2cc3c4ccccc4n4c5c(-c6ccccc6)c6c7cc(-c8ccccc8)cc8c9ccccc9n(c6c(-c6ccccc6)c5c(c2)c34)c87)cc1. The van der Waals surface area contributed by atoms with Gasteiger partial charge in [-0.05, 0) is 69.8 Å². The van der Waals surface area contributed by atoms with E-state index >= 15 is 0 Å². The van der Waals surface area contributed by atoms with Gasteiger partial charge >= 0.3 is 0 Å². The van der Waals surface area contributed by atoms with Crippen LogP contribution in [0.5, 0.6) is 0 Å². The number of fused-ring (bicyclic) bond motifs is 12. The second-order valence-corrected chi connectivity index (χ2v) is 15.2. The minimum absolute atomic E-state index is 1.22. The van der Waals surface area contributed by atoms with Crippen LogP contribution in [0, 0.1) is 0 Å². The predicted octanol–water partition coefficient (Wildman–Crippen LogP) is 14.7. The summed E-state index contributed by atoms with van der Waals surface area (Å²) in [6, 6.07) is 71.8. The van der Waals surface area contributed by atoms with Crippen LogP contribution in [0.15, 0.2) is 194 Å². The van der Waals surface area contributed by atoms with Crippen LogP contribution >= 0.6 is 0 Å². The molecule has 13 aromatic rings. The van der Waals surface area contributed by atoms with Crippen LogP contribution in [0.4, 0.5) is 0 Å². The molecule has 0 aliphatic carbocycles. The highest BCUT2D eigenvalue weighted by molar-refractivity contribution is 6.38. The van der Waals surface area contributed by atoms with Crippen LogP contribution in [0.25, 0.3) is 121 Å². The molecule has 2 heteroatoms. The van der Waals surface area contributed by atoms with Gasteiger partial charge in [-0.15, -0.1) is 0 Å². The van der Waals surface area contributed by atoms with Crippen LogP contribution in [0.3, 0.4) is 0 Å². The van der Waals surface area contributed by atoms with E-state index in [-0.39, 0.29) is 0 Å². The smallest absolute Gasteiger partial charge is 0.0634 e. The van der Waals surface area contributed by atoms with Crippen molar-refractivity contribution in [3.8, 4) is 44.5 Å². The van der Waals surface area contributed by atoms with Crippen LogP contribution < -0.4 is 0 Å². The lowest BCUT2D eigenvalue weighted by molar-refractivity contribution is 1.36. The number of aromatic nitrogens is 2. The minimum atomic E-state index is 1.22. The molecule has 0 atom stereocenters. The molecule has 4 aromatic heterocycles. The van der Waals surface area contributed by atoms with Gasteiger partial charge < -0.3 is 8.80 Å². The van der Waals surface area contributed by atoms with Crippen molar-refractivity contribution in [3.05, 3.63) is 194 Å². The Hall–Kier alpha value is -7.42. The highest BCUT2D eigenvalue weighted by atomic mass is 14.9. The lowest BCUT2D eigenvalue weighted by Crippen LogP contribution is -1.93. The molecular formula is C54H32N2. The van der Waals surface area contributed by atoms with Gasteiger partial charge in [0.25, 0.3) is 0 Å². The molecule has 0 saturated heterocycles. The number of para-hydroxylation sites is 2. The molecule has 4 heterocycles.